The predicted octanol–water partition coefficient (Wildman–Crippen LogP) is 0.216. The van der Waals surface area contributed by atoms with Crippen LogP contribution in [-0.2, 0) is 6.42 Å². The molecule has 5 heteroatoms. The summed E-state index contributed by atoms with van der Waals surface area (Å²) in [6, 6.07) is 0. The molecule has 0 bridgehead atoms. The molecule has 0 fully saturated rings. The standard InChI is InChI=1S/C6H10N4S/c1-3-2-4-5(11-3)6(7)9-10(4)8/h3H,2,8H2,1H3,(H2,7,9). The number of nitrogens with zero attached hydrogens (tertiary/aromatic N) is 2. The molecule has 4 nitrogen and oxygen atoms in total. The van der Waals surface area contributed by atoms with Crippen molar-refractivity contribution in [3.8, 4) is 0 Å². The lowest BCUT2D eigenvalue weighted by Gasteiger charge is -1.98. The van der Waals surface area contributed by atoms with E-state index in [1.807, 2.05) is 0 Å². The Morgan fingerprint density at radius 1 is 1.73 bits per heavy atom. The minimum Gasteiger partial charge on any atom is -0.381 e. The summed E-state index contributed by atoms with van der Waals surface area (Å²) in [5.74, 6) is 6.13. The SMILES string of the molecule is CC1Cc2c(c(N)nn2N)S1. The molecule has 0 aliphatic carbocycles. The van der Waals surface area contributed by atoms with Gasteiger partial charge in [-0.3, -0.25) is 0 Å². The molecule has 2 heterocycles. The van der Waals surface area contributed by atoms with Crippen LogP contribution in [0.1, 0.15) is 12.6 Å². The molecule has 1 aliphatic rings. The van der Waals surface area contributed by atoms with Crippen LogP contribution < -0.4 is 11.6 Å². The maximum Gasteiger partial charge on any atom is 0.161 e. The number of hydrogen-bond acceptors (Lipinski definition) is 4. The zero-order chi connectivity index (χ0) is 8.01. The number of nitrogens with two attached hydrogens (primary N) is 2. The second-order valence-corrected chi connectivity index (χ2v) is 4.19. The minimum atomic E-state index is 0.567. The molecule has 1 aliphatic heterocycles. The van der Waals surface area contributed by atoms with Gasteiger partial charge in [0.05, 0.1) is 10.6 Å². The molecule has 11 heavy (non-hydrogen) atoms. The number of aromatic nitrogens is 2. The van der Waals surface area contributed by atoms with E-state index in [0.717, 1.165) is 17.0 Å². The average Bonchev–Trinajstić information content (AvgIpc) is 2.38. The molecule has 0 saturated carbocycles. The van der Waals surface area contributed by atoms with Crippen molar-refractivity contribution in [3.05, 3.63) is 5.69 Å². The highest BCUT2D eigenvalue weighted by atomic mass is 32.2. The van der Waals surface area contributed by atoms with Crippen molar-refractivity contribution in [1.82, 2.24) is 9.89 Å². The van der Waals surface area contributed by atoms with Crippen LogP contribution in [-0.4, -0.2) is 15.1 Å². The highest BCUT2D eigenvalue weighted by Crippen LogP contribution is 2.39. The van der Waals surface area contributed by atoms with Crippen molar-refractivity contribution < 1.29 is 0 Å². The normalized spacial score (nSPS) is 22.1. The maximum absolute atomic E-state index is 5.62. The van der Waals surface area contributed by atoms with Gasteiger partial charge in [-0.25, -0.2) is 0 Å². The van der Waals surface area contributed by atoms with Gasteiger partial charge in [0, 0.05) is 11.7 Å². The third-order valence-corrected chi connectivity index (χ3v) is 3.04. The Kier molecular flexibility index (Phi) is 1.29. The molecule has 1 aromatic heterocycles. The predicted molar refractivity (Wildman–Crippen MR) is 45.8 cm³/mol. The Labute approximate surface area is 68.9 Å². The van der Waals surface area contributed by atoms with Crippen LogP contribution in [0.2, 0.25) is 0 Å². The number of nitrogen functional groups attached to an aromatic ring is 2. The summed E-state index contributed by atoms with van der Waals surface area (Å²) in [7, 11) is 0. The van der Waals surface area contributed by atoms with Gasteiger partial charge in [0.15, 0.2) is 5.82 Å². The van der Waals surface area contributed by atoms with E-state index in [1.54, 1.807) is 11.8 Å². The molecule has 1 atom stereocenters. The summed E-state index contributed by atoms with van der Waals surface area (Å²) < 4.78 is 0. The van der Waals surface area contributed by atoms with E-state index >= 15 is 0 Å². The molecule has 0 radical (unpaired) electrons. The molecule has 0 aromatic carbocycles. The highest BCUT2D eigenvalue weighted by Gasteiger charge is 2.25. The lowest BCUT2D eigenvalue weighted by molar-refractivity contribution is 0.753. The van der Waals surface area contributed by atoms with Gasteiger partial charge < -0.3 is 11.6 Å². The largest absolute Gasteiger partial charge is 0.381 e. The van der Waals surface area contributed by atoms with E-state index < -0.39 is 0 Å². The fourth-order valence-electron chi connectivity index (χ4n) is 1.30. The molecule has 60 valence electrons. The van der Waals surface area contributed by atoms with Crippen LogP contribution in [0, 0.1) is 0 Å². The van der Waals surface area contributed by atoms with Gasteiger partial charge in [-0.05, 0) is 0 Å². The molecule has 0 spiro atoms. The van der Waals surface area contributed by atoms with E-state index in [0.29, 0.717) is 11.1 Å². The maximum atomic E-state index is 5.62. The van der Waals surface area contributed by atoms with E-state index in [9.17, 15) is 0 Å². The summed E-state index contributed by atoms with van der Waals surface area (Å²) in [6.45, 7) is 2.16. The first-order valence-corrected chi connectivity index (χ1v) is 4.35. The third kappa shape index (κ3) is 0.875. The van der Waals surface area contributed by atoms with Gasteiger partial charge in [-0.2, -0.15) is 4.79 Å². The summed E-state index contributed by atoms with van der Waals surface area (Å²) in [5.41, 5.74) is 6.69. The van der Waals surface area contributed by atoms with Crippen LogP contribution in [0.3, 0.4) is 0 Å². The summed E-state index contributed by atoms with van der Waals surface area (Å²) in [6.07, 6.45) is 0.973. The summed E-state index contributed by atoms with van der Waals surface area (Å²) in [5, 5.41) is 4.50. The molecule has 2 rings (SSSR count). The molecule has 1 unspecified atom stereocenters. The van der Waals surface area contributed by atoms with E-state index in [4.69, 9.17) is 11.6 Å². The Balaban J connectivity index is 2.51. The average molecular weight is 170 g/mol. The number of anilines is 1. The summed E-state index contributed by atoms with van der Waals surface area (Å²) >= 11 is 1.75. The lowest BCUT2D eigenvalue weighted by Crippen LogP contribution is -2.14. The van der Waals surface area contributed by atoms with Crippen molar-refractivity contribution in [1.29, 1.82) is 0 Å². The van der Waals surface area contributed by atoms with Crippen LogP contribution in [0.25, 0.3) is 0 Å². The van der Waals surface area contributed by atoms with Crippen LogP contribution >= 0.6 is 11.8 Å². The number of hydrogen-bond donors (Lipinski definition) is 2. The first-order valence-electron chi connectivity index (χ1n) is 3.47. The van der Waals surface area contributed by atoms with Crippen molar-refractivity contribution in [2.24, 2.45) is 0 Å². The highest BCUT2D eigenvalue weighted by molar-refractivity contribution is 8.00. The summed E-state index contributed by atoms with van der Waals surface area (Å²) in [4.78, 5) is 2.46. The van der Waals surface area contributed by atoms with E-state index in [1.165, 1.54) is 4.79 Å². The first kappa shape index (κ1) is 6.84. The van der Waals surface area contributed by atoms with Gasteiger partial charge in [0.25, 0.3) is 0 Å². The number of rotatable bonds is 0. The topological polar surface area (TPSA) is 69.9 Å². The van der Waals surface area contributed by atoms with Gasteiger partial charge in [-0.15, -0.1) is 16.9 Å². The Bertz CT molecular complexity index is 267. The fraction of sp³-hybridized carbons (Fsp3) is 0.500. The molecule has 0 saturated heterocycles. The molecule has 4 N–H and O–H groups in total. The van der Waals surface area contributed by atoms with Crippen LogP contribution in [0.4, 0.5) is 5.82 Å². The molecule has 0 amide bonds. The van der Waals surface area contributed by atoms with E-state index in [2.05, 4.69) is 12.0 Å². The lowest BCUT2D eigenvalue weighted by atomic mass is 10.2. The first-order chi connectivity index (χ1) is 5.18. The zero-order valence-corrected chi connectivity index (χ0v) is 7.06. The van der Waals surface area contributed by atoms with Gasteiger partial charge in [-0.1, -0.05) is 6.92 Å². The Morgan fingerprint density at radius 2 is 2.45 bits per heavy atom. The smallest absolute Gasteiger partial charge is 0.161 e. The van der Waals surface area contributed by atoms with Crippen molar-refractivity contribution in [2.45, 2.75) is 23.5 Å². The van der Waals surface area contributed by atoms with Crippen molar-refractivity contribution in [2.75, 3.05) is 11.6 Å². The molecule has 1 aromatic rings. The van der Waals surface area contributed by atoms with Crippen LogP contribution in [0.15, 0.2) is 4.90 Å². The minimum absolute atomic E-state index is 0.567. The quantitative estimate of drug-likeness (QED) is 0.546. The van der Waals surface area contributed by atoms with Crippen molar-refractivity contribution in [3.63, 3.8) is 0 Å². The second-order valence-electron chi connectivity index (χ2n) is 2.74. The Morgan fingerprint density at radius 3 is 3.09 bits per heavy atom. The second kappa shape index (κ2) is 2.07. The van der Waals surface area contributed by atoms with Gasteiger partial charge in [0.1, 0.15) is 0 Å². The Hall–Kier alpha value is -0.840. The van der Waals surface area contributed by atoms with E-state index in [-0.39, 0.29) is 0 Å². The molecular formula is C6H10N4S. The molecular weight excluding hydrogens is 160 g/mol. The number of thioether (sulfide) groups is 1. The van der Waals surface area contributed by atoms with Gasteiger partial charge in [0.2, 0.25) is 0 Å². The number of fused-ring (bicyclic) bond motifs is 1. The fourth-order valence-corrected chi connectivity index (χ4v) is 2.42. The van der Waals surface area contributed by atoms with Crippen LogP contribution in [0.5, 0.6) is 0 Å². The van der Waals surface area contributed by atoms with Crippen molar-refractivity contribution >= 4 is 17.6 Å². The third-order valence-electron chi connectivity index (χ3n) is 1.79. The zero-order valence-electron chi connectivity index (χ0n) is 6.24. The monoisotopic (exact) mass is 170 g/mol. The van der Waals surface area contributed by atoms with Gasteiger partial charge >= 0.3 is 0 Å².